The smallest absolute Gasteiger partial charge is 0.247 e. The highest BCUT2D eigenvalue weighted by molar-refractivity contribution is 6.07. The van der Waals surface area contributed by atoms with E-state index in [0.717, 1.165) is 16.8 Å². The van der Waals surface area contributed by atoms with Gasteiger partial charge in [-0.1, -0.05) is 26.0 Å². The Morgan fingerprint density at radius 2 is 1.95 bits per heavy atom. The summed E-state index contributed by atoms with van der Waals surface area (Å²) in [6, 6.07) is 5.54. The first-order valence-corrected chi connectivity index (χ1v) is 6.59. The van der Waals surface area contributed by atoms with Crippen molar-refractivity contribution in [3.05, 3.63) is 29.3 Å². The second kappa shape index (κ2) is 5.03. The van der Waals surface area contributed by atoms with E-state index in [1.165, 1.54) is 0 Å². The van der Waals surface area contributed by atoms with Crippen LogP contribution in [0, 0.1) is 19.8 Å². The molecule has 0 saturated carbocycles. The number of aryl methyl sites for hydroxylation is 2. The minimum atomic E-state index is -0.429. The van der Waals surface area contributed by atoms with Crippen LogP contribution in [0.5, 0.6) is 0 Å². The molecule has 1 aliphatic heterocycles. The molecule has 1 aliphatic rings. The number of amides is 2. The Morgan fingerprint density at radius 1 is 1.26 bits per heavy atom. The molecule has 0 aliphatic carbocycles. The van der Waals surface area contributed by atoms with Crippen molar-refractivity contribution in [1.82, 2.24) is 5.32 Å². The largest absolute Gasteiger partial charge is 0.345 e. The zero-order valence-electron chi connectivity index (χ0n) is 11.9. The summed E-state index contributed by atoms with van der Waals surface area (Å²) in [7, 11) is 0. The van der Waals surface area contributed by atoms with Crippen molar-refractivity contribution in [2.75, 3.05) is 11.4 Å². The normalized spacial score (nSPS) is 19.8. The van der Waals surface area contributed by atoms with E-state index in [9.17, 15) is 9.59 Å². The fourth-order valence-electron chi connectivity index (χ4n) is 2.49. The van der Waals surface area contributed by atoms with Crippen LogP contribution in [-0.4, -0.2) is 24.4 Å². The van der Waals surface area contributed by atoms with Crippen molar-refractivity contribution in [2.24, 2.45) is 5.92 Å². The number of nitrogens with zero attached hydrogens (tertiary/aromatic N) is 1. The highest BCUT2D eigenvalue weighted by Crippen LogP contribution is 2.27. The minimum absolute atomic E-state index is 0.0491. The van der Waals surface area contributed by atoms with Crippen molar-refractivity contribution in [3.8, 4) is 0 Å². The summed E-state index contributed by atoms with van der Waals surface area (Å²) in [5.74, 6) is -0.0494. The molecule has 2 rings (SSSR count). The molecule has 0 aromatic heterocycles. The van der Waals surface area contributed by atoms with Gasteiger partial charge in [-0.05, 0) is 37.0 Å². The molecular formula is C15H20N2O2. The predicted molar refractivity (Wildman–Crippen MR) is 75.0 cm³/mol. The Balaban J connectivity index is 2.51. The minimum Gasteiger partial charge on any atom is -0.345 e. The number of nitrogens with one attached hydrogen (secondary N) is 1. The molecular weight excluding hydrogens is 240 g/mol. The maximum Gasteiger partial charge on any atom is 0.247 e. The van der Waals surface area contributed by atoms with Crippen molar-refractivity contribution < 1.29 is 9.59 Å². The van der Waals surface area contributed by atoms with Crippen molar-refractivity contribution in [3.63, 3.8) is 0 Å². The van der Waals surface area contributed by atoms with E-state index in [1.54, 1.807) is 4.90 Å². The van der Waals surface area contributed by atoms with Gasteiger partial charge in [0.15, 0.2) is 0 Å². The molecule has 1 heterocycles. The van der Waals surface area contributed by atoms with Gasteiger partial charge in [0.1, 0.15) is 6.04 Å². The number of carbonyl (C=O) groups excluding carboxylic acids is 2. The Morgan fingerprint density at radius 3 is 2.58 bits per heavy atom. The number of carbonyl (C=O) groups is 2. The van der Waals surface area contributed by atoms with E-state index in [2.05, 4.69) is 5.32 Å². The van der Waals surface area contributed by atoms with Gasteiger partial charge in [-0.15, -0.1) is 0 Å². The molecule has 0 spiro atoms. The lowest BCUT2D eigenvalue weighted by Gasteiger charge is -2.38. The Bertz CT molecular complexity index is 523. The third-order valence-corrected chi connectivity index (χ3v) is 3.48. The molecule has 102 valence electrons. The van der Waals surface area contributed by atoms with Gasteiger partial charge >= 0.3 is 0 Å². The lowest BCUT2D eigenvalue weighted by atomic mass is 9.97. The number of hydrogen-bond acceptors (Lipinski definition) is 2. The maximum absolute atomic E-state index is 12.2. The summed E-state index contributed by atoms with van der Waals surface area (Å²) in [5.41, 5.74) is 2.94. The zero-order valence-corrected chi connectivity index (χ0v) is 11.9. The summed E-state index contributed by atoms with van der Waals surface area (Å²) in [4.78, 5) is 25.9. The van der Waals surface area contributed by atoms with Crippen molar-refractivity contribution >= 4 is 17.5 Å². The molecule has 0 radical (unpaired) electrons. The predicted octanol–water partition coefficient (Wildman–Crippen LogP) is 1.79. The molecule has 2 amide bonds. The van der Waals surface area contributed by atoms with Crippen LogP contribution in [0.3, 0.4) is 0 Å². The molecule has 1 fully saturated rings. The van der Waals surface area contributed by atoms with Crippen LogP contribution >= 0.6 is 0 Å². The Labute approximate surface area is 113 Å². The summed E-state index contributed by atoms with van der Waals surface area (Å²) in [5, 5.41) is 2.67. The van der Waals surface area contributed by atoms with Gasteiger partial charge in [0.2, 0.25) is 11.8 Å². The summed E-state index contributed by atoms with van der Waals surface area (Å²) in [6.07, 6.45) is 0. The van der Waals surface area contributed by atoms with Gasteiger partial charge in [0.25, 0.3) is 0 Å². The van der Waals surface area contributed by atoms with Gasteiger partial charge in [-0.3, -0.25) is 14.5 Å². The van der Waals surface area contributed by atoms with E-state index in [1.807, 2.05) is 45.9 Å². The molecule has 1 N–H and O–H groups in total. The third kappa shape index (κ3) is 2.48. The molecule has 1 saturated heterocycles. The zero-order chi connectivity index (χ0) is 14.2. The summed E-state index contributed by atoms with van der Waals surface area (Å²) >= 11 is 0. The number of benzene rings is 1. The standard InChI is InChI=1S/C15H20N2O2/c1-9(2)14-15(19)16-8-13(18)17(14)12-7-10(3)5-6-11(12)4/h5-7,9,14H,8H2,1-4H3,(H,16,19). The van der Waals surface area contributed by atoms with Gasteiger partial charge in [0, 0.05) is 5.69 Å². The summed E-state index contributed by atoms with van der Waals surface area (Å²) in [6.45, 7) is 7.95. The molecule has 1 unspecified atom stereocenters. The highest BCUT2D eigenvalue weighted by Gasteiger charge is 2.37. The second-order valence-electron chi connectivity index (χ2n) is 5.46. The average Bonchev–Trinajstić information content (AvgIpc) is 2.34. The van der Waals surface area contributed by atoms with Gasteiger partial charge < -0.3 is 5.32 Å². The molecule has 0 bridgehead atoms. The summed E-state index contributed by atoms with van der Waals surface area (Å²) < 4.78 is 0. The Hall–Kier alpha value is -1.84. The molecule has 1 atom stereocenters. The van der Waals surface area contributed by atoms with Crippen LogP contribution in [0.2, 0.25) is 0 Å². The number of hydrogen-bond donors (Lipinski definition) is 1. The highest BCUT2D eigenvalue weighted by atomic mass is 16.2. The fourth-order valence-corrected chi connectivity index (χ4v) is 2.49. The van der Waals surface area contributed by atoms with Gasteiger partial charge in [-0.25, -0.2) is 0 Å². The molecule has 19 heavy (non-hydrogen) atoms. The number of anilines is 1. The van der Waals surface area contributed by atoms with Gasteiger partial charge in [0.05, 0.1) is 6.54 Å². The van der Waals surface area contributed by atoms with E-state index < -0.39 is 6.04 Å². The van der Waals surface area contributed by atoms with Crippen LogP contribution in [-0.2, 0) is 9.59 Å². The van der Waals surface area contributed by atoms with Crippen LogP contribution < -0.4 is 10.2 Å². The number of piperazine rings is 1. The molecule has 1 aromatic rings. The quantitative estimate of drug-likeness (QED) is 0.881. The first-order chi connectivity index (χ1) is 8.91. The Kier molecular flexibility index (Phi) is 3.60. The first-order valence-electron chi connectivity index (χ1n) is 6.59. The van der Waals surface area contributed by atoms with Crippen LogP contribution in [0.25, 0.3) is 0 Å². The van der Waals surface area contributed by atoms with E-state index in [4.69, 9.17) is 0 Å². The SMILES string of the molecule is Cc1ccc(C)c(N2C(=O)CNC(=O)C2C(C)C)c1. The molecule has 4 nitrogen and oxygen atoms in total. The van der Waals surface area contributed by atoms with Crippen LogP contribution in [0.15, 0.2) is 18.2 Å². The monoisotopic (exact) mass is 260 g/mol. The lowest BCUT2D eigenvalue weighted by molar-refractivity contribution is -0.131. The maximum atomic E-state index is 12.2. The van der Waals surface area contributed by atoms with E-state index in [0.29, 0.717) is 0 Å². The van der Waals surface area contributed by atoms with Crippen molar-refractivity contribution in [1.29, 1.82) is 0 Å². The first kappa shape index (κ1) is 13.6. The average molecular weight is 260 g/mol. The van der Waals surface area contributed by atoms with Crippen molar-refractivity contribution in [2.45, 2.75) is 33.7 Å². The van der Waals surface area contributed by atoms with E-state index in [-0.39, 0.29) is 24.3 Å². The van der Waals surface area contributed by atoms with Crippen LogP contribution in [0.1, 0.15) is 25.0 Å². The fraction of sp³-hybridized carbons (Fsp3) is 0.467. The van der Waals surface area contributed by atoms with E-state index >= 15 is 0 Å². The molecule has 1 aromatic carbocycles. The van der Waals surface area contributed by atoms with Gasteiger partial charge in [-0.2, -0.15) is 0 Å². The van der Waals surface area contributed by atoms with Crippen LogP contribution in [0.4, 0.5) is 5.69 Å². The third-order valence-electron chi connectivity index (χ3n) is 3.48. The second-order valence-corrected chi connectivity index (χ2v) is 5.46. The number of rotatable bonds is 2. The lowest BCUT2D eigenvalue weighted by Crippen LogP contribution is -2.60. The topological polar surface area (TPSA) is 49.4 Å². The molecule has 4 heteroatoms.